The summed E-state index contributed by atoms with van der Waals surface area (Å²) in [6, 6.07) is 6.20. The zero-order chi connectivity index (χ0) is 19.3. The van der Waals surface area contributed by atoms with E-state index >= 15 is 0 Å². The van der Waals surface area contributed by atoms with Crippen molar-refractivity contribution in [2.75, 3.05) is 14.1 Å². The van der Waals surface area contributed by atoms with Gasteiger partial charge in [-0.05, 0) is 44.2 Å². The molecule has 0 spiro atoms. The van der Waals surface area contributed by atoms with Crippen molar-refractivity contribution in [1.82, 2.24) is 10.2 Å². The van der Waals surface area contributed by atoms with E-state index in [1.807, 2.05) is 0 Å². The lowest BCUT2D eigenvalue weighted by Gasteiger charge is -2.35. The van der Waals surface area contributed by atoms with Crippen LogP contribution in [0.2, 0.25) is 0 Å². The molecule has 0 saturated carbocycles. The van der Waals surface area contributed by atoms with Crippen molar-refractivity contribution in [2.24, 2.45) is 0 Å². The Balaban J connectivity index is 2.58. The van der Waals surface area contributed by atoms with Crippen LogP contribution in [0.1, 0.15) is 31.3 Å². The number of Topliss-reactive ketones (excluding diaryl/α,β-unsaturated/α-hetero) is 2. The Kier molecular flexibility index (Phi) is 5.82. The molecule has 0 bridgehead atoms. The summed E-state index contributed by atoms with van der Waals surface area (Å²) >= 11 is 0. The molecule has 2 amide bonds. The lowest BCUT2D eigenvalue weighted by atomic mass is 9.75. The molecule has 0 radical (unpaired) electrons. The zero-order valence-electron chi connectivity index (χ0n) is 15.2. The summed E-state index contributed by atoms with van der Waals surface area (Å²) in [5.74, 6) is -0.920. The van der Waals surface area contributed by atoms with Crippen molar-refractivity contribution in [2.45, 2.75) is 25.3 Å². The van der Waals surface area contributed by atoms with Crippen molar-refractivity contribution >= 4 is 23.7 Å². The summed E-state index contributed by atoms with van der Waals surface area (Å²) in [5, 5.41) is 2.59. The molecule has 7 heteroatoms. The fourth-order valence-electron chi connectivity index (χ4n) is 2.72. The summed E-state index contributed by atoms with van der Waals surface area (Å²) in [4.78, 5) is 38.8. The van der Waals surface area contributed by atoms with Crippen LogP contribution in [0, 0.1) is 0 Å². The van der Waals surface area contributed by atoms with Gasteiger partial charge in [0.15, 0.2) is 17.1 Å². The molecule has 2 aromatic heterocycles. The van der Waals surface area contributed by atoms with E-state index in [0.29, 0.717) is 11.5 Å². The molecule has 1 N–H and O–H groups in total. The average molecular weight is 358 g/mol. The Morgan fingerprint density at radius 1 is 1.08 bits per heavy atom. The molecular weight excluding hydrogens is 336 g/mol. The van der Waals surface area contributed by atoms with Crippen LogP contribution in [0.3, 0.4) is 0 Å². The summed E-state index contributed by atoms with van der Waals surface area (Å²) in [6.07, 6.45) is 6.21. The van der Waals surface area contributed by atoms with Gasteiger partial charge in [-0.3, -0.25) is 9.59 Å². The number of rotatable bonds is 7. The Hall–Kier alpha value is -3.09. The maximum absolute atomic E-state index is 12.6. The van der Waals surface area contributed by atoms with E-state index in [4.69, 9.17) is 8.83 Å². The fraction of sp³-hybridized carbons (Fsp3) is 0.316. The number of carbonyl (C=O) groups excluding carboxylic acids is 3. The van der Waals surface area contributed by atoms with Crippen LogP contribution >= 0.6 is 0 Å². The van der Waals surface area contributed by atoms with Crippen molar-refractivity contribution in [3.63, 3.8) is 0 Å². The summed E-state index contributed by atoms with van der Waals surface area (Å²) in [5.41, 5.74) is -1.80. The van der Waals surface area contributed by atoms with E-state index in [0.717, 1.165) is 0 Å². The second-order valence-electron chi connectivity index (χ2n) is 6.11. The van der Waals surface area contributed by atoms with Gasteiger partial charge in [0.25, 0.3) is 0 Å². The number of amides is 2. The second-order valence-corrected chi connectivity index (χ2v) is 6.11. The molecule has 7 nitrogen and oxygen atoms in total. The van der Waals surface area contributed by atoms with Gasteiger partial charge in [0.1, 0.15) is 11.5 Å². The molecule has 0 unspecified atom stereocenters. The molecule has 0 aliphatic carbocycles. The zero-order valence-corrected chi connectivity index (χ0v) is 15.2. The topological polar surface area (TPSA) is 92.8 Å². The van der Waals surface area contributed by atoms with E-state index < -0.39 is 29.1 Å². The first-order valence-electron chi connectivity index (χ1n) is 8.05. The first kappa shape index (κ1) is 19.2. The van der Waals surface area contributed by atoms with E-state index in [-0.39, 0.29) is 0 Å². The molecule has 0 aromatic carbocycles. The standard InChI is InChI=1S/C19H22N2O5/c1-13(22)19(14(2)23,20-18(24)21(3)4)16(17-8-6-12-26-17)10-9-15-7-5-11-25-15/h5-12,16H,1-4H3,(H,20,24)/b10-9+/t16-/m0/s1. The van der Waals surface area contributed by atoms with Gasteiger partial charge in [-0.25, -0.2) is 4.79 Å². The fourth-order valence-corrected chi connectivity index (χ4v) is 2.72. The molecule has 0 fully saturated rings. The molecule has 138 valence electrons. The molecule has 0 saturated heterocycles. The largest absolute Gasteiger partial charge is 0.469 e. The third kappa shape index (κ3) is 3.77. The van der Waals surface area contributed by atoms with E-state index in [9.17, 15) is 14.4 Å². The highest BCUT2D eigenvalue weighted by atomic mass is 16.3. The lowest BCUT2D eigenvalue weighted by molar-refractivity contribution is -0.134. The van der Waals surface area contributed by atoms with Crippen LogP contribution in [0.5, 0.6) is 0 Å². The van der Waals surface area contributed by atoms with Gasteiger partial charge in [-0.1, -0.05) is 6.08 Å². The number of hydrogen-bond donors (Lipinski definition) is 1. The first-order chi connectivity index (χ1) is 12.3. The Labute approximate surface area is 151 Å². The van der Waals surface area contributed by atoms with Crippen LogP contribution in [0.4, 0.5) is 4.79 Å². The molecule has 2 heterocycles. The van der Waals surface area contributed by atoms with E-state index in [1.165, 1.54) is 45.4 Å². The van der Waals surface area contributed by atoms with Gasteiger partial charge >= 0.3 is 6.03 Å². The van der Waals surface area contributed by atoms with Gasteiger partial charge in [0.05, 0.1) is 18.4 Å². The highest BCUT2D eigenvalue weighted by molar-refractivity contribution is 6.13. The minimum absolute atomic E-state index is 0.372. The van der Waals surface area contributed by atoms with Crippen LogP contribution in [-0.4, -0.2) is 42.1 Å². The predicted octanol–water partition coefficient (Wildman–Crippen LogP) is 2.86. The minimum atomic E-state index is -1.80. The Morgan fingerprint density at radius 3 is 2.15 bits per heavy atom. The number of furan rings is 2. The van der Waals surface area contributed by atoms with Crippen LogP contribution in [0.25, 0.3) is 6.08 Å². The molecule has 0 aliphatic rings. The van der Waals surface area contributed by atoms with Gasteiger partial charge in [0.2, 0.25) is 0 Å². The number of ketones is 2. The van der Waals surface area contributed by atoms with E-state index in [2.05, 4.69) is 5.32 Å². The SMILES string of the molecule is CC(=O)C(NC(=O)N(C)C)(C(C)=O)[C@@H](/C=C/c1ccco1)c1ccco1. The second kappa shape index (κ2) is 7.86. The van der Waals surface area contributed by atoms with E-state index in [1.54, 1.807) is 36.4 Å². The number of carbonyl (C=O) groups is 3. The highest BCUT2D eigenvalue weighted by Crippen LogP contribution is 2.33. The average Bonchev–Trinajstić information content (AvgIpc) is 3.26. The third-order valence-corrected chi connectivity index (χ3v) is 4.13. The van der Waals surface area contributed by atoms with Crippen molar-refractivity contribution in [3.05, 3.63) is 54.4 Å². The summed E-state index contributed by atoms with van der Waals surface area (Å²) in [6.45, 7) is 2.54. The van der Waals surface area contributed by atoms with Crippen LogP contribution < -0.4 is 5.32 Å². The monoisotopic (exact) mass is 358 g/mol. The number of nitrogens with zero attached hydrogens (tertiary/aromatic N) is 1. The predicted molar refractivity (Wildman–Crippen MR) is 95.5 cm³/mol. The summed E-state index contributed by atoms with van der Waals surface area (Å²) in [7, 11) is 3.06. The Bertz CT molecular complexity index is 774. The molecule has 2 aromatic rings. The Morgan fingerprint density at radius 2 is 1.69 bits per heavy atom. The molecule has 0 aliphatic heterocycles. The van der Waals surface area contributed by atoms with Gasteiger partial charge in [-0.2, -0.15) is 0 Å². The molecule has 26 heavy (non-hydrogen) atoms. The van der Waals surface area contributed by atoms with Crippen LogP contribution in [0.15, 0.2) is 51.7 Å². The van der Waals surface area contributed by atoms with Gasteiger partial charge in [0, 0.05) is 14.1 Å². The van der Waals surface area contributed by atoms with Crippen molar-refractivity contribution in [3.8, 4) is 0 Å². The highest BCUT2D eigenvalue weighted by Gasteiger charge is 2.50. The van der Waals surface area contributed by atoms with Gasteiger partial charge < -0.3 is 19.1 Å². The third-order valence-electron chi connectivity index (χ3n) is 4.13. The van der Waals surface area contributed by atoms with Crippen molar-refractivity contribution < 1.29 is 23.2 Å². The maximum Gasteiger partial charge on any atom is 0.318 e. The van der Waals surface area contributed by atoms with Crippen molar-refractivity contribution in [1.29, 1.82) is 0 Å². The first-order valence-corrected chi connectivity index (χ1v) is 8.05. The normalized spacial score (nSPS) is 12.8. The maximum atomic E-state index is 12.6. The summed E-state index contributed by atoms with van der Waals surface area (Å²) < 4.78 is 10.7. The quantitative estimate of drug-likeness (QED) is 0.768. The molecular formula is C19H22N2O5. The number of hydrogen-bond acceptors (Lipinski definition) is 5. The van der Waals surface area contributed by atoms with Gasteiger partial charge in [-0.15, -0.1) is 0 Å². The van der Waals surface area contributed by atoms with Crippen LogP contribution in [-0.2, 0) is 9.59 Å². The smallest absolute Gasteiger partial charge is 0.318 e. The number of nitrogens with one attached hydrogen (secondary N) is 1. The number of urea groups is 1. The molecule has 1 atom stereocenters. The minimum Gasteiger partial charge on any atom is -0.469 e. The molecule has 2 rings (SSSR count). The lowest BCUT2D eigenvalue weighted by Crippen LogP contribution is -2.63.